The maximum absolute atomic E-state index is 12.5. The number of carboxylic acids is 1. The third-order valence-electron chi connectivity index (χ3n) is 4.02. The van der Waals surface area contributed by atoms with E-state index in [4.69, 9.17) is 14.6 Å². The van der Waals surface area contributed by atoms with Crippen molar-refractivity contribution in [1.29, 1.82) is 0 Å². The highest BCUT2D eigenvalue weighted by atomic mass is 79.9. The number of halogens is 1. The molecule has 0 bridgehead atoms. The van der Waals surface area contributed by atoms with Gasteiger partial charge in [0.2, 0.25) is 5.91 Å². The summed E-state index contributed by atoms with van der Waals surface area (Å²) in [6.45, 7) is 0.882. The minimum atomic E-state index is -0.838. The number of rotatable bonds is 5. The molecule has 0 aliphatic carbocycles. The molecule has 6 nitrogen and oxygen atoms in total. The Morgan fingerprint density at radius 2 is 1.96 bits per heavy atom. The fraction of sp³-hybridized carbons (Fsp3) is 0.500. The van der Waals surface area contributed by atoms with E-state index in [1.165, 1.54) is 0 Å². The summed E-state index contributed by atoms with van der Waals surface area (Å²) >= 11 is 3.44. The minimum absolute atomic E-state index is 0.0798. The topological polar surface area (TPSA) is 76.1 Å². The van der Waals surface area contributed by atoms with Crippen molar-refractivity contribution in [3.63, 3.8) is 0 Å². The van der Waals surface area contributed by atoms with Crippen LogP contribution in [-0.2, 0) is 16.0 Å². The number of carbonyl (C=O) groups excluding carboxylic acids is 1. The highest BCUT2D eigenvalue weighted by Crippen LogP contribution is 2.33. The van der Waals surface area contributed by atoms with Crippen LogP contribution >= 0.6 is 15.9 Å². The molecule has 1 aromatic rings. The molecule has 1 atom stereocenters. The predicted octanol–water partition coefficient (Wildman–Crippen LogP) is 2.33. The molecule has 0 spiro atoms. The molecule has 0 radical (unpaired) electrons. The fourth-order valence-corrected chi connectivity index (χ4v) is 3.17. The first-order valence-electron chi connectivity index (χ1n) is 7.37. The number of hydrogen-bond donors (Lipinski definition) is 1. The van der Waals surface area contributed by atoms with E-state index in [0.29, 0.717) is 24.5 Å². The standard InChI is InChI=1S/C16H20BrNO5/c1-22-13-6-11(12(17)8-14(13)23-2)7-15(19)18-5-3-4-10(9-18)16(20)21/h6,8,10H,3-5,7,9H2,1-2H3,(H,20,21)/t10-/m0/s1. The van der Waals surface area contributed by atoms with Crippen molar-refractivity contribution >= 4 is 27.8 Å². The Labute approximate surface area is 143 Å². The third kappa shape index (κ3) is 4.16. The summed E-state index contributed by atoms with van der Waals surface area (Å²) in [7, 11) is 3.09. The van der Waals surface area contributed by atoms with Gasteiger partial charge < -0.3 is 19.5 Å². The van der Waals surface area contributed by atoms with Crippen LogP contribution < -0.4 is 9.47 Å². The molecule has 126 valence electrons. The zero-order valence-corrected chi connectivity index (χ0v) is 14.8. The fourth-order valence-electron chi connectivity index (χ4n) is 2.71. The Morgan fingerprint density at radius 3 is 2.57 bits per heavy atom. The molecule has 7 heteroatoms. The monoisotopic (exact) mass is 385 g/mol. The smallest absolute Gasteiger partial charge is 0.308 e. The van der Waals surface area contributed by atoms with E-state index < -0.39 is 11.9 Å². The van der Waals surface area contributed by atoms with Gasteiger partial charge in [-0.1, -0.05) is 15.9 Å². The summed E-state index contributed by atoms with van der Waals surface area (Å²) in [5, 5.41) is 9.12. The van der Waals surface area contributed by atoms with Crippen LogP contribution in [0.3, 0.4) is 0 Å². The quantitative estimate of drug-likeness (QED) is 0.841. The lowest BCUT2D eigenvalue weighted by Gasteiger charge is -2.31. The van der Waals surface area contributed by atoms with Crippen molar-refractivity contribution in [2.75, 3.05) is 27.3 Å². The van der Waals surface area contributed by atoms with E-state index in [1.807, 2.05) is 0 Å². The molecule has 0 aromatic heterocycles. The van der Waals surface area contributed by atoms with Crippen LogP contribution in [0.4, 0.5) is 0 Å². The van der Waals surface area contributed by atoms with Crippen LogP contribution in [0.15, 0.2) is 16.6 Å². The number of likely N-dealkylation sites (tertiary alicyclic amines) is 1. The highest BCUT2D eigenvalue weighted by molar-refractivity contribution is 9.10. The number of piperidine rings is 1. The zero-order chi connectivity index (χ0) is 17.0. The second kappa shape index (κ2) is 7.68. The number of ether oxygens (including phenoxy) is 2. The molecule has 1 N–H and O–H groups in total. The van der Waals surface area contributed by atoms with Crippen LogP contribution in [0.5, 0.6) is 11.5 Å². The van der Waals surface area contributed by atoms with Gasteiger partial charge in [0.25, 0.3) is 0 Å². The second-order valence-electron chi connectivity index (χ2n) is 5.49. The molecule has 0 unspecified atom stereocenters. The number of nitrogens with zero attached hydrogens (tertiary/aromatic N) is 1. The van der Waals surface area contributed by atoms with Gasteiger partial charge in [-0.3, -0.25) is 9.59 Å². The van der Waals surface area contributed by atoms with Gasteiger partial charge in [0.05, 0.1) is 26.6 Å². The number of carboxylic acid groups (broad SMARTS) is 1. The molecule has 1 aliphatic rings. The van der Waals surface area contributed by atoms with Gasteiger partial charge in [-0.05, 0) is 30.5 Å². The molecule has 1 fully saturated rings. The van der Waals surface area contributed by atoms with E-state index >= 15 is 0 Å². The van der Waals surface area contributed by atoms with E-state index in [0.717, 1.165) is 16.5 Å². The molecule has 2 rings (SSSR count). The number of carbonyl (C=O) groups is 2. The second-order valence-corrected chi connectivity index (χ2v) is 6.35. The van der Waals surface area contributed by atoms with E-state index in [9.17, 15) is 9.59 Å². The normalized spacial score (nSPS) is 17.7. The largest absolute Gasteiger partial charge is 0.493 e. The Morgan fingerprint density at radius 1 is 1.30 bits per heavy atom. The average Bonchev–Trinajstić information content (AvgIpc) is 2.56. The Kier molecular flexibility index (Phi) is 5.87. The molecule has 1 saturated heterocycles. The van der Waals surface area contributed by atoms with Crippen LogP contribution in [0.1, 0.15) is 18.4 Å². The van der Waals surface area contributed by atoms with Crippen molar-refractivity contribution in [3.8, 4) is 11.5 Å². The molecule has 23 heavy (non-hydrogen) atoms. The SMILES string of the molecule is COc1cc(Br)c(CC(=O)N2CCC[C@H](C(=O)O)C2)cc1OC. The van der Waals surface area contributed by atoms with Gasteiger partial charge in [-0.25, -0.2) is 0 Å². The predicted molar refractivity (Wildman–Crippen MR) is 87.9 cm³/mol. The number of methoxy groups -OCH3 is 2. The van der Waals surface area contributed by atoms with Gasteiger partial charge in [0.15, 0.2) is 11.5 Å². The molecule has 1 aliphatic heterocycles. The first-order chi connectivity index (χ1) is 11.0. The van der Waals surface area contributed by atoms with Crippen LogP contribution in [0.2, 0.25) is 0 Å². The van der Waals surface area contributed by atoms with E-state index in [1.54, 1.807) is 31.3 Å². The van der Waals surface area contributed by atoms with Crippen molar-refractivity contribution in [2.24, 2.45) is 5.92 Å². The number of hydrogen-bond acceptors (Lipinski definition) is 4. The Hall–Kier alpha value is -1.76. The van der Waals surface area contributed by atoms with Gasteiger partial charge in [-0.2, -0.15) is 0 Å². The number of aliphatic carboxylic acids is 1. The molecule has 0 saturated carbocycles. The lowest BCUT2D eigenvalue weighted by Crippen LogP contribution is -2.43. The summed E-state index contributed by atoms with van der Waals surface area (Å²) in [4.78, 5) is 25.2. The first kappa shape index (κ1) is 17.6. The van der Waals surface area contributed by atoms with Crippen LogP contribution in [-0.4, -0.2) is 49.2 Å². The summed E-state index contributed by atoms with van der Waals surface area (Å²) in [6.07, 6.45) is 1.53. The average molecular weight is 386 g/mol. The molecule has 1 heterocycles. The van der Waals surface area contributed by atoms with Crippen molar-refractivity contribution in [2.45, 2.75) is 19.3 Å². The maximum Gasteiger partial charge on any atom is 0.308 e. The summed E-state index contributed by atoms with van der Waals surface area (Å²) in [6, 6.07) is 3.52. The lowest BCUT2D eigenvalue weighted by atomic mass is 9.97. The Balaban J connectivity index is 2.12. The zero-order valence-electron chi connectivity index (χ0n) is 13.2. The third-order valence-corrected chi connectivity index (χ3v) is 4.76. The molecule has 1 amide bonds. The summed E-state index contributed by atoms with van der Waals surface area (Å²) < 4.78 is 11.2. The number of amides is 1. The maximum atomic E-state index is 12.5. The number of benzene rings is 1. The van der Waals surface area contributed by atoms with E-state index in [-0.39, 0.29) is 18.9 Å². The first-order valence-corrected chi connectivity index (χ1v) is 8.16. The minimum Gasteiger partial charge on any atom is -0.493 e. The van der Waals surface area contributed by atoms with Crippen molar-refractivity contribution in [3.05, 3.63) is 22.2 Å². The lowest BCUT2D eigenvalue weighted by molar-refractivity contribution is -0.145. The highest BCUT2D eigenvalue weighted by Gasteiger charge is 2.28. The van der Waals surface area contributed by atoms with Crippen LogP contribution in [0.25, 0.3) is 0 Å². The molecule has 1 aromatic carbocycles. The molecular formula is C16H20BrNO5. The van der Waals surface area contributed by atoms with Gasteiger partial charge in [-0.15, -0.1) is 0 Å². The van der Waals surface area contributed by atoms with Gasteiger partial charge in [0.1, 0.15) is 0 Å². The summed E-state index contributed by atoms with van der Waals surface area (Å²) in [5.74, 6) is -0.250. The van der Waals surface area contributed by atoms with Gasteiger partial charge in [0, 0.05) is 17.6 Å². The van der Waals surface area contributed by atoms with E-state index in [2.05, 4.69) is 15.9 Å². The molecular weight excluding hydrogens is 366 g/mol. The van der Waals surface area contributed by atoms with Crippen LogP contribution in [0, 0.1) is 5.92 Å². The van der Waals surface area contributed by atoms with Gasteiger partial charge >= 0.3 is 5.97 Å². The van der Waals surface area contributed by atoms with Crippen molar-refractivity contribution in [1.82, 2.24) is 4.90 Å². The van der Waals surface area contributed by atoms with Crippen molar-refractivity contribution < 1.29 is 24.2 Å². The Bertz CT molecular complexity index is 604. The summed E-state index contributed by atoms with van der Waals surface area (Å²) in [5.41, 5.74) is 0.782.